The topological polar surface area (TPSA) is 21.7 Å². The van der Waals surface area contributed by atoms with Crippen LogP contribution in [0.15, 0.2) is 71.6 Å². The van der Waals surface area contributed by atoms with Crippen molar-refractivity contribution in [1.29, 1.82) is 0 Å². The summed E-state index contributed by atoms with van der Waals surface area (Å²) in [6.45, 7) is 13.2. The van der Waals surface area contributed by atoms with Crippen molar-refractivity contribution in [3.63, 3.8) is 0 Å². The maximum atomic E-state index is 13.7. The third kappa shape index (κ3) is 7.30. The number of hydrogen-bond donors (Lipinski definition) is 0. The number of anilines is 1. The minimum atomic E-state index is -0.191. The molecule has 1 heterocycles. The number of ether oxygens (including phenoxy) is 2. The molecule has 0 aromatic heterocycles. The first-order valence-corrected chi connectivity index (χ1v) is 15.5. The Kier molecular flexibility index (Phi) is 9.87. The summed E-state index contributed by atoms with van der Waals surface area (Å²) in [5.74, 6) is 2.62. The van der Waals surface area contributed by atoms with Gasteiger partial charge in [0.25, 0.3) is 0 Å². The summed E-state index contributed by atoms with van der Waals surface area (Å²) in [4.78, 5) is 2.52. The van der Waals surface area contributed by atoms with Crippen LogP contribution < -0.4 is 4.90 Å². The van der Waals surface area contributed by atoms with Crippen LogP contribution in [0.5, 0.6) is 0 Å². The second kappa shape index (κ2) is 13.1. The zero-order chi connectivity index (χ0) is 28.0. The van der Waals surface area contributed by atoms with Crippen molar-refractivity contribution < 1.29 is 13.9 Å². The second-order valence-electron chi connectivity index (χ2n) is 11.3. The summed E-state index contributed by atoms with van der Waals surface area (Å²) >= 11 is 1.93. The molecule has 1 saturated carbocycles. The molecule has 0 N–H and O–H groups in total. The zero-order valence-corrected chi connectivity index (χ0v) is 25.3. The van der Waals surface area contributed by atoms with Crippen LogP contribution in [0.25, 0.3) is 5.76 Å². The quantitative estimate of drug-likeness (QED) is 0.205. The van der Waals surface area contributed by atoms with Gasteiger partial charge in [-0.3, -0.25) is 0 Å². The molecule has 1 atom stereocenters. The molecule has 2 aromatic carbocycles. The lowest BCUT2D eigenvalue weighted by Gasteiger charge is -2.30. The van der Waals surface area contributed by atoms with Crippen molar-refractivity contribution in [3.8, 4) is 0 Å². The summed E-state index contributed by atoms with van der Waals surface area (Å²) in [5.41, 5.74) is 7.72. The van der Waals surface area contributed by atoms with Crippen LogP contribution >= 0.6 is 11.8 Å². The molecular weight excluding hydrogens is 505 g/mol. The molecule has 2 aliphatic rings. The third-order valence-electron chi connectivity index (χ3n) is 7.06. The zero-order valence-electron chi connectivity index (χ0n) is 24.5. The number of aryl methyl sites for hydroxylation is 1. The van der Waals surface area contributed by atoms with E-state index in [1.165, 1.54) is 29.8 Å². The molecule has 1 aliphatic carbocycles. The van der Waals surface area contributed by atoms with Crippen LogP contribution in [0.1, 0.15) is 95.7 Å². The van der Waals surface area contributed by atoms with Gasteiger partial charge in [-0.15, -0.1) is 11.8 Å². The molecule has 1 saturated heterocycles. The van der Waals surface area contributed by atoms with Crippen molar-refractivity contribution in [1.82, 2.24) is 0 Å². The molecular formula is C34H44FNO2S. The molecule has 4 rings (SSSR count). The van der Waals surface area contributed by atoms with Crippen LogP contribution in [0, 0.1) is 11.2 Å². The Labute approximate surface area is 239 Å². The molecule has 3 nitrogen and oxygen atoms in total. The van der Waals surface area contributed by atoms with Gasteiger partial charge in [0, 0.05) is 28.1 Å². The molecule has 0 bridgehead atoms. The Morgan fingerprint density at radius 3 is 2.33 bits per heavy atom. The van der Waals surface area contributed by atoms with Crippen molar-refractivity contribution in [2.75, 3.05) is 17.4 Å². The number of benzene rings is 2. The van der Waals surface area contributed by atoms with E-state index in [4.69, 9.17) is 9.47 Å². The van der Waals surface area contributed by atoms with Gasteiger partial charge in [0.2, 0.25) is 6.79 Å². The SMILES string of the molecule is CC/C=C(\OCO/C(=C/CC)c1ccc(N2C(=C3CC3)CSC2c2ccc(F)cc2)c(CCC)c1)C(C)(C)C. The highest BCUT2D eigenvalue weighted by molar-refractivity contribution is 8.00. The average Bonchev–Trinajstić information content (AvgIpc) is 3.66. The van der Waals surface area contributed by atoms with E-state index in [1.807, 2.05) is 23.9 Å². The monoisotopic (exact) mass is 549 g/mol. The lowest BCUT2D eigenvalue weighted by molar-refractivity contribution is 0.0174. The van der Waals surface area contributed by atoms with Gasteiger partial charge in [-0.05, 0) is 91.3 Å². The number of halogens is 1. The summed E-state index contributed by atoms with van der Waals surface area (Å²) in [6.07, 6.45) is 10.5. The van der Waals surface area contributed by atoms with E-state index < -0.39 is 0 Å². The van der Waals surface area contributed by atoms with E-state index in [2.05, 4.69) is 76.8 Å². The first-order valence-electron chi connectivity index (χ1n) is 14.4. The molecule has 2 aromatic rings. The fraction of sp³-hybridized carbons (Fsp3) is 0.471. The van der Waals surface area contributed by atoms with Gasteiger partial charge in [0.1, 0.15) is 22.7 Å². The van der Waals surface area contributed by atoms with E-state index in [0.29, 0.717) is 0 Å². The average molecular weight is 550 g/mol. The van der Waals surface area contributed by atoms with Gasteiger partial charge >= 0.3 is 0 Å². The predicted octanol–water partition coefficient (Wildman–Crippen LogP) is 10.2. The maximum absolute atomic E-state index is 13.7. The minimum Gasteiger partial charge on any atom is -0.462 e. The lowest BCUT2D eigenvalue weighted by atomic mass is 9.93. The molecule has 1 unspecified atom stereocenters. The van der Waals surface area contributed by atoms with Gasteiger partial charge < -0.3 is 14.4 Å². The first-order chi connectivity index (χ1) is 18.8. The van der Waals surface area contributed by atoms with Crippen molar-refractivity contribution in [2.24, 2.45) is 5.41 Å². The number of hydrogen-bond acceptors (Lipinski definition) is 4. The van der Waals surface area contributed by atoms with Crippen LogP contribution in [-0.4, -0.2) is 12.5 Å². The fourth-order valence-electron chi connectivity index (χ4n) is 5.02. The lowest BCUT2D eigenvalue weighted by Crippen LogP contribution is -2.22. The number of thioether (sulfide) groups is 1. The van der Waals surface area contributed by atoms with Crippen LogP contribution in [0.2, 0.25) is 0 Å². The normalized spacial score (nSPS) is 18.1. The molecule has 210 valence electrons. The Hall–Kier alpha value is -2.66. The van der Waals surface area contributed by atoms with Gasteiger partial charge in [-0.25, -0.2) is 4.39 Å². The standard InChI is InChI=1S/C34H44FNO2S/c1-7-10-26-21-27(31(11-8-2)37-23-38-32(12-9-3)34(4,5)6)17-20-29(26)36-30(24-13-14-24)22-39-33(36)25-15-18-28(35)19-16-25/h11-12,15-21,33H,7-10,13-14,22-23H2,1-6H3/b31-11+,32-12-. The largest absolute Gasteiger partial charge is 0.462 e. The Balaban J connectivity index is 1.64. The van der Waals surface area contributed by atoms with Crippen molar-refractivity contribution >= 4 is 23.2 Å². The molecule has 2 fully saturated rings. The third-order valence-corrected chi connectivity index (χ3v) is 8.30. The van der Waals surface area contributed by atoms with E-state index in [-0.39, 0.29) is 23.4 Å². The molecule has 0 radical (unpaired) electrons. The summed E-state index contributed by atoms with van der Waals surface area (Å²) < 4.78 is 26.1. The summed E-state index contributed by atoms with van der Waals surface area (Å²) in [6, 6.07) is 13.8. The number of nitrogens with zero attached hydrogens (tertiary/aromatic N) is 1. The molecule has 5 heteroatoms. The molecule has 1 aliphatic heterocycles. The Morgan fingerprint density at radius 1 is 1.00 bits per heavy atom. The highest BCUT2D eigenvalue weighted by Crippen LogP contribution is 2.51. The number of rotatable bonds is 11. The Morgan fingerprint density at radius 2 is 1.72 bits per heavy atom. The highest BCUT2D eigenvalue weighted by Gasteiger charge is 2.36. The first kappa shape index (κ1) is 29.3. The van der Waals surface area contributed by atoms with E-state index in [9.17, 15) is 4.39 Å². The predicted molar refractivity (Wildman–Crippen MR) is 164 cm³/mol. The van der Waals surface area contributed by atoms with Gasteiger partial charge in [-0.2, -0.15) is 0 Å². The highest BCUT2D eigenvalue weighted by atomic mass is 32.2. The van der Waals surface area contributed by atoms with Crippen LogP contribution in [0.4, 0.5) is 10.1 Å². The van der Waals surface area contributed by atoms with E-state index in [1.54, 1.807) is 17.7 Å². The Bertz CT molecular complexity index is 1220. The number of allylic oxidation sites excluding steroid dienone is 4. The van der Waals surface area contributed by atoms with E-state index >= 15 is 0 Å². The van der Waals surface area contributed by atoms with E-state index in [0.717, 1.165) is 54.1 Å². The fourth-order valence-corrected chi connectivity index (χ4v) is 6.42. The van der Waals surface area contributed by atoms with Gasteiger partial charge in [0.05, 0.1) is 0 Å². The molecule has 0 amide bonds. The second-order valence-corrected chi connectivity index (χ2v) is 12.4. The maximum Gasteiger partial charge on any atom is 0.230 e. The minimum absolute atomic E-state index is 0.0630. The molecule has 39 heavy (non-hydrogen) atoms. The smallest absolute Gasteiger partial charge is 0.230 e. The van der Waals surface area contributed by atoms with Gasteiger partial charge in [-0.1, -0.05) is 60.1 Å². The molecule has 0 spiro atoms. The summed E-state index contributed by atoms with van der Waals surface area (Å²) in [5, 5.41) is 0.145. The van der Waals surface area contributed by atoms with Crippen LogP contribution in [0.3, 0.4) is 0 Å². The van der Waals surface area contributed by atoms with Gasteiger partial charge in [0.15, 0.2) is 0 Å². The van der Waals surface area contributed by atoms with Crippen molar-refractivity contribution in [3.05, 3.63) is 94.2 Å². The van der Waals surface area contributed by atoms with Crippen LogP contribution in [-0.2, 0) is 15.9 Å². The van der Waals surface area contributed by atoms with Crippen molar-refractivity contribution in [2.45, 2.75) is 85.4 Å². The summed E-state index contributed by atoms with van der Waals surface area (Å²) in [7, 11) is 0.